The van der Waals surface area contributed by atoms with Crippen LogP contribution in [0, 0.1) is 11.8 Å². The molecule has 0 radical (unpaired) electrons. The van der Waals surface area contributed by atoms with Crippen LogP contribution in [0.25, 0.3) is 0 Å². The smallest absolute Gasteiger partial charge is 0.253 e. The monoisotopic (exact) mass is 262 g/mol. The van der Waals surface area contributed by atoms with E-state index in [0.717, 1.165) is 13.1 Å². The molecule has 2 rings (SSSR count). The van der Waals surface area contributed by atoms with Gasteiger partial charge in [-0.25, -0.2) is 0 Å². The van der Waals surface area contributed by atoms with Gasteiger partial charge in [-0.15, -0.1) is 0 Å². The number of amides is 1. The van der Waals surface area contributed by atoms with Crippen molar-refractivity contribution >= 4 is 11.6 Å². The van der Waals surface area contributed by atoms with Crippen molar-refractivity contribution in [3.63, 3.8) is 0 Å². The van der Waals surface area contributed by atoms with E-state index in [4.69, 9.17) is 10.5 Å². The Hall–Kier alpha value is -1.71. The fraction of sp³-hybridized carbons (Fsp3) is 0.533. The summed E-state index contributed by atoms with van der Waals surface area (Å²) < 4.78 is 5.11. The van der Waals surface area contributed by atoms with Crippen LogP contribution in [0.4, 0.5) is 5.69 Å². The summed E-state index contributed by atoms with van der Waals surface area (Å²) in [5.41, 5.74) is 7.00. The maximum atomic E-state index is 12.5. The van der Waals surface area contributed by atoms with E-state index in [9.17, 15) is 4.79 Å². The van der Waals surface area contributed by atoms with E-state index in [-0.39, 0.29) is 5.91 Å². The zero-order valence-electron chi connectivity index (χ0n) is 11.8. The van der Waals surface area contributed by atoms with Crippen molar-refractivity contribution in [3.05, 3.63) is 23.8 Å². The third kappa shape index (κ3) is 3.00. The number of ether oxygens (including phenoxy) is 1. The van der Waals surface area contributed by atoms with Crippen molar-refractivity contribution in [1.82, 2.24) is 4.90 Å². The van der Waals surface area contributed by atoms with Crippen molar-refractivity contribution in [3.8, 4) is 5.75 Å². The molecule has 4 heteroatoms. The van der Waals surface area contributed by atoms with Crippen LogP contribution >= 0.6 is 0 Å². The molecule has 19 heavy (non-hydrogen) atoms. The molecule has 1 aromatic rings. The van der Waals surface area contributed by atoms with Gasteiger partial charge in [0.15, 0.2) is 0 Å². The minimum atomic E-state index is 0.0627. The number of nitrogens with zero attached hydrogens (tertiary/aromatic N) is 1. The molecular weight excluding hydrogens is 240 g/mol. The van der Waals surface area contributed by atoms with E-state index < -0.39 is 0 Å². The normalized spacial score (nSPS) is 23.2. The predicted octanol–water partition coefficient (Wildman–Crippen LogP) is 2.40. The summed E-state index contributed by atoms with van der Waals surface area (Å²) in [4.78, 5) is 14.4. The Morgan fingerprint density at radius 1 is 1.32 bits per heavy atom. The van der Waals surface area contributed by atoms with E-state index >= 15 is 0 Å². The second kappa shape index (κ2) is 5.51. The molecule has 1 fully saturated rings. The number of carbonyl (C=O) groups is 1. The largest absolute Gasteiger partial charge is 0.495 e. The van der Waals surface area contributed by atoms with Crippen LogP contribution in [-0.2, 0) is 0 Å². The zero-order valence-corrected chi connectivity index (χ0v) is 11.8. The van der Waals surface area contributed by atoms with Gasteiger partial charge in [0.05, 0.1) is 12.8 Å². The summed E-state index contributed by atoms with van der Waals surface area (Å²) in [7, 11) is 1.57. The fourth-order valence-electron chi connectivity index (χ4n) is 2.88. The standard InChI is InChI=1S/C15H22N2O2/c1-10-6-11(2)9-17(8-10)15(18)12-4-5-14(19-3)13(16)7-12/h4-5,7,10-11H,6,8-9,16H2,1-3H3/t10-,11-/m1/s1. The minimum Gasteiger partial charge on any atom is -0.495 e. The first-order valence-electron chi connectivity index (χ1n) is 6.74. The maximum Gasteiger partial charge on any atom is 0.253 e. The summed E-state index contributed by atoms with van der Waals surface area (Å²) in [6, 6.07) is 5.23. The van der Waals surface area contributed by atoms with Gasteiger partial charge in [-0.1, -0.05) is 13.8 Å². The van der Waals surface area contributed by atoms with Gasteiger partial charge < -0.3 is 15.4 Å². The summed E-state index contributed by atoms with van der Waals surface area (Å²) in [5.74, 6) is 1.79. The lowest BCUT2D eigenvalue weighted by atomic mass is 9.91. The Kier molecular flexibility index (Phi) is 3.98. The van der Waals surface area contributed by atoms with Gasteiger partial charge in [0.2, 0.25) is 0 Å². The summed E-state index contributed by atoms with van der Waals surface area (Å²) in [6.07, 6.45) is 1.19. The van der Waals surface area contributed by atoms with Gasteiger partial charge in [-0.05, 0) is 36.5 Å². The van der Waals surface area contributed by atoms with Crippen LogP contribution in [0.5, 0.6) is 5.75 Å². The van der Waals surface area contributed by atoms with Crippen molar-refractivity contribution in [2.75, 3.05) is 25.9 Å². The number of piperidine rings is 1. The molecule has 1 aromatic carbocycles. The molecule has 1 heterocycles. The second-order valence-corrected chi connectivity index (χ2v) is 5.61. The summed E-state index contributed by atoms with van der Waals surface area (Å²) in [5, 5.41) is 0. The molecule has 1 aliphatic heterocycles. The highest BCUT2D eigenvalue weighted by molar-refractivity contribution is 5.95. The van der Waals surface area contributed by atoms with Gasteiger partial charge in [-0.2, -0.15) is 0 Å². The Labute approximate surface area is 114 Å². The van der Waals surface area contributed by atoms with Crippen LogP contribution in [0.15, 0.2) is 18.2 Å². The van der Waals surface area contributed by atoms with E-state index in [2.05, 4.69) is 13.8 Å². The number of hydrogen-bond donors (Lipinski definition) is 1. The number of nitrogens with two attached hydrogens (primary N) is 1. The van der Waals surface area contributed by atoms with Crippen LogP contribution < -0.4 is 10.5 Å². The number of rotatable bonds is 2. The number of nitrogen functional groups attached to an aromatic ring is 1. The SMILES string of the molecule is COc1ccc(C(=O)N2C[C@H](C)C[C@@H](C)C2)cc1N. The molecule has 1 aliphatic rings. The van der Waals surface area contributed by atoms with Gasteiger partial charge in [-0.3, -0.25) is 4.79 Å². The Morgan fingerprint density at radius 2 is 1.95 bits per heavy atom. The Morgan fingerprint density at radius 3 is 2.47 bits per heavy atom. The van der Waals surface area contributed by atoms with Crippen molar-refractivity contribution < 1.29 is 9.53 Å². The fourth-order valence-corrected chi connectivity index (χ4v) is 2.88. The first kappa shape index (κ1) is 13.7. The second-order valence-electron chi connectivity index (χ2n) is 5.61. The number of benzene rings is 1. The Bertz CT molecular complexity index is 463. The molecule has 0 spiro atoms. The average Bonchev–Trinajstić information content (AvgIpc) is 2.36. The maximum absolute atomic E-state index is 12.5. The van der Waals surface area contributed by atoms with Crippen LogP contribution in [0.2, 0.25) is 0 Å². The van der Waals surface area contributed by atoms with Gasteiger partial charge in [0.25, 0.3) is 5.91 Å². The molecule has 2 atom stereocenters. The Balaban J connectivity index is 2.17. The molecule has 0 saturated carbocycles. The van der Waals surface area contributed by atoms with E-state index in [0.29, 0.717) is 28.8 Å². The minimum absolute atomic E-state index is 0.0627. The summed E-state index contributed by atoms with van der Waals surface area (Å²) >= 11 is 0. The van der Waals surface area contributed by atoms with Crippen molar-refractivity contribution in [1.29, 1.82) is 0 Å². The zero-order chi connectivity index (χ0) is 14.0. The molecular formula is C15H22N2O2. The topological polar surface area (TPSA) is 55.6 Å². The number of anilines is 1. The number of likely N-dealkylation sites (tertiary alicyclic amines) is 1. The molecule has 0 aliphatic carbocycles. The quantitative estimate of drug-likeness (QED) is 0.833. The highest BCUT2D eigenvalue weighted by atomic mass is 16.5. The van der Waals surface area contributed by atoms with Crippen LogP contribution in [-0.4, -0.2) is 31.0 Å². The molecule has 0 bridgehead atoms. The van der Waals surface area contributed by atoms with Gasteiger partial charge in [0, 0.05) is 18.7 Å². The van der Waals surface area contributed by atoms with Gasteiger partial charge >= 0.3 is 0 Å². The lowest BCUT2D eigenvalue weighted by Crippen LogP contribution is -2.42. The molecule has 1 saturated heterocycles. The predicted molar refractivity (Wildman–Crippen MR) is 76.3 cm³/mol. The highest BCUT2D eigenvalue weighted by Crippen LogP contribution is 2.25. The molecule has 1 amide bonds. The van der Waals surface area contributed by atoms with Crippen LogP contribution in [0.1, 0.15) is 30.6 Å². The first-order valence-corrected chi connectivity index (χ1v) is 6.74. The lowest BCUT2D eigenvalue weighted by Gasteiger charge is -2.35. The van der Waals surface area contributed by atoms with Crippen LogP contribution in [0.3, 0.4) is 0 Å². The first-order chi connectivity index (χ1) is 9.01. The van der Waals surface area contributed by atoms with Crippen molar-refractivity contribution in [2.45, 2.75) is 20.3 Å². The summed E-state index contributed by atoms with van der Waals surface area (Å²) in [6.45, 7) is 6.04. The third-order valence-electron chi connectivity index (χ3n) is 3.63. The molecule has 0 unspecified atom stereocenters. The average molecular weight is 262 g/mol. The third-order valence-corrected chi connectivity index (χ3v) is 3.63. The van der Waals surface area contributed by atoms with Gasteiger partial charge in [0.1, 0.15) is 5.75 Å². The number of hydrogen-bond acceptors (Lipinski definition) is 3. The molecule has 0 aromatic heterocycles. The highest BCUT2D eigenvalue weighted by Gasteiger charge is 2.26. The molecule has 4 nitrogen and oxygen atoms in total. The van der Waals surface area contributed by atoms with Crippen molar-refractivity contribution in [2.24, 2.45) is 11.8 Å². The molecule has 104 valence electrons. The number of methoxy groups -OCH3 is 1. The van der Waals surface area contributed by atoms with E-state index in [1.807, 2.05) is 4.90 Å². The molecule has 2 N–H and O–H groups in total. The van der Waals surface area contributed by atoms with E-state index in [1.54, 1.807) is 25.3 Å². The number of carbonyl (C=O) groups excluding carboxylic acids is 1. The lowest BCUT2D eigenvalue weighted by molar-refractivity contribution is 0.0623. The van der Waals surface area contributed by atoms with E-state index in [1.165, 1.54) is 6.42 Å².